The van der Waals surface area contributed by atoms with Crippen LogP contribution in [0.2, 0.25) is 0 Å². The number of benzene rings is 8. The summed E-state index contributed by atoms with van der Waals surface area (Å²) in [5, 5.41) is 0. The molecule has 0 saturated heterocycles. The summed E-state index contributed by atoms with van der Waals surface area (Å²) in [6, 6.07) is 65.1. The Hall–Kier alpha value is -8.88. The first-order valence-electron chi connectivity index (χ1n) is 28.2. The van der Waals surface area contributed by atoms with E-state index in [0.717, 1.165) is 142 Å². The molecule has 2 aliphatic rings. The van der Waals surface area contributed by atoms with Gasteiger partial charge < -0.3 is 37.9 Å². The summed E-state index contributed by atoms with van der Waals surface area (Å²) < 4.78 is 49.2. The van der Waals surface area contributed by atoms with Crippen molar-refractivity contribution < 1.29 is 37.9 Å². The van der Waals surface area contributed by atoms with E-state index in [2.05, 4.69) is 97.1 Å². The second kappa shape index (κ2) is 31.5. The van der Waals surface area contributed by atoms with Gasteiger partial charge >= 0.3 is 0 Å². The van der Waals surface area contributed by atoms with Crippen molar-refractivity contribution >= 4 is 48.6 Å². The lowest BCUT2D eigenvalue weighted by atomic mass is 10.1. The van der Waals surface area contributed by atoms with Crippen LogP contribution in [0, 0.1) is 0 Å². The molecule has 0 bridgehead atoms. The highest BCUT2D eigenvalue weighted by molar-refractivity contribution is 5.78. The number of rotatable bonds is 0. The van der Waals surface area contributed by atoms with Gasteiger partial charge in [0.05, 0.1) is 52.9 Å². The molecule has 10 rings (SSSR count). The molecule has 8 aromatic rings. The van der Waals surface area contributed by atoms with Gasteiger partial charge in [-0.1, -0.05) is 194 Å². The van der Waals surface area contributed by atoms with E-state index in [0.29, 0.717) is 52.9 Å². The second-order valence-corrected chi connectivity index (χ2v) is 19.3. The van der Waals surface area contributed by atoms with Crippen LogP contribution >= 0.6 is 0 Å². The van der Waals surface area contributed by atoms with E-state index < -0.39 is 0 Å². The van der Waals surface area contributed by atoms with Gasteiger partial charge in [0.15, 0.2) is 0 Å². The highest BCUT2D eigenvalue weighted by atomic mass is 16.5. The molecule has 8 nitrogen and oxygen atoms in total. The van der Waals surface area contributed by atoms with Gasteiger partial charge in [0.25, 0.3) is 0 Å². The summed E-state index contributed by atoms with van der Waals surface area (Å²) >= 11 is 0. The normalized spacial score (nSPS) is 16.4. The number of hydrogen-bond donors (Lipinski definition) is 0. The van der Waals surface area contributed by atoms with Crippen LogP contribution in [-0.4, -0.2) is 52.9 Å². The fourth-order valence-corrected chi connectivity index (χ4v) is 8.99. The Kier molecular flexibility index (Phi) is 22.0. The number of para-hydroxylation sites is 8. The Morgan fingerprint density at radius 1 is 0.150 bits per heavy atom. The summed E-state index contributed by atoms with van der Waals surface area (Å²) in [7, 11) is 0. The minimum atomic E-state index is 0.631. The SMILES string of the molecule is C1=C/c2ccccc2OCCCCOc2ccccc2/C=C/c2ccccc2OCCCCOc2ccccc2/1.C1=C/c2ccccc2OCCCCOc2ccccc2/C=C/c2ccccc2OCCCCOc2ccccc2/1. The first-order valence-corrected chi connectivity index (χ1v) is 28.2. The molecular weight excluding hydrogens is 993 g/mol. The molecule has 0 aliphatic carbocycles. The van der Waals surface area contributed by atoms with Gasteiger partial charge in [0.1, 0.15) is 46.0 Å². The summed E-state index contributed by atoms with van der Waals surface area (Å²) in [6.07, 6.45) is 23.9. The molecule has 0 N–H and O–H groups in total. The number of fused-ring (bicyclic) bond motifs is 8. The average Bonchev–Trinajstić information content (AvgIpc) is 3.50. The lowest BCUT2D eigenvalue weighted by Crippen LogP contribution is -2.04. The highest BCUT2D eigenvalue weighted by Crippen LogP contribution is 2.30. The van der Waals surface area contributed by atoms with Gasteiger partial charge in [-0.25, -0.2) is 0 Å². The van der Waals surface area contributed by atoms with Crippen molar-refractivity contribution in [1.29, 1.82) is 0 Å². The summed E-state index contributed by atoms with van der Waals surface area (Å²) in [5.74, 6) is 7.02. The van der Waals surface area contributed by atoms with E-state index in [9.17, 15) is 0 Å². The zero-order chi connectivity index (χ0) is 54.5. The van der Waals surface area contributed by atoms with Crippen LogP contribution in [0.5, 0.6) is 46.0 Å². The van der Waals surface area contributed by atoms with E-state index in [1.807, 2.05) is 146 Å². The standard InChI is InChI=1S/2C36H36O4/c2*1-5-17-33-29(13-1)21-22-30-14-2-6-18-34(30)38-27-11-12-28-40-36-20-8-4-16-32(36)24-23-31-15-3-7-19-35(31)39-26-10-9-25-37-33/h2*1-8,13-24H,9-12,25-28H2/b2*22-21+,24-23+. The molecule has 2 heterocycles. The molecule has 0 atom stereocenters. The van der Waals surface area contributed by atoms with Gasteiger partial charge in [-0.05, 0) is 99.9 Å². The summed E-state index contributed by atoms with van der Waals surface area (Å²) in [4.78, 5) is 0. The first-order chi connectivity index (χ1) is 39.7. The Morgan fingerprint density at radius 3 is 0.388 bits per heavy atom. The average molecular weight is 1070 g/mol. The van der Waals surface area contributed by atoms with Crippen molar-refractivity contribution in [2.24, 2.45) is 0 Å². The van der Waals surface area contributed by atoms with Crippen LogP contribution in [0.4, 0.5) is 0 Å². The highest BCUT2D eigenvalue weighted by Gasteiger charge is 2.09. The molecule has 0 amide bonds. The van der Waals surface area contributed by atoms with E-state index in [4.69, 9.17) is 37.9 Å². The summed E-state index contributed by atoms with van der Waals surface area (Å²) in [5.41, 5.74) is 8.34. The Bertz CT molecular complexity index is 2630. The van der Waals surface area contributed by atoms with E-state index in [-0.39, 0.29) is 0 Å². The molecule has 2 aliphatic heterocycles. The monoisotopic (exact) mass is 1060 g/mol. The third-order valence-electron chi connectivity index (χ3n) is 13.3. The molecule has 0 spiro atoms. The Balaban J connectivity index is 0.000000194. The Labute approximate surface area is 473 Å². The van der Waals surface area contributed by atoms with E-state index >= 15 is 0 Å². The fourth-order valence-electron chi connectivity index (χ4n) is 8.99. The van der Waals surface area contributed by atoms with Gasteiger partial charge in [-0.15, -0.1) is 0 Å². The van der Waals surface area contributed by atoms with E-state index in [1.165, 1.54) is 0 Å². The molecule has 8 aromatic carbocycles. The molecular formula is C72H72O8. The first kappa shape index (κ1) is 55.9. The van der Waals surface area contributed by atoms with Gasteiger partial charge in [0.2, 0.25) is 0 Å². The van der Waals surface area contributed by atoms with Crippen molar-refractivity contribution in [3.05, 3.63) is 239 Å². The maximum Gasteiger partial charge on any atom is 0.126 e. The second-order valence-electron chi connectivity index (χ2n) is 19.3. The lowest BCUT2D eigenvalue weighted by Gasteiger charge is -2.12. The van der Waals surface area contributed by atoms with Crippen LogP contribution in [-0.2, 0) is 0 Å². The zero-order valence-corrected chi connectivity index (χ0v) is 45.7. The molecule has 0 unspecified atom stereocenters. The van der Waals surface area contributed by atoms with Crippen LogP contribution in [0.1, 0.15) is 95.9 Å². The maximum absolute atomic E-state index is 6.16. The molecule has 408 valence electrons. The van der Waals surface area contributed by atoms with E-state index in [1.54, 1.807) is 0 Å². The van der Waals surface area contributed by atoms with Gasteiger partial charge in [-0.2, -0.15) is 0 Å². The van der Waals surface area contributed by atoms with Gasteiger partial charge in [-0.3, -0.25) is 0 Å². The fraction of sp³-hybridized carbons (Fsp3) is 0.222. The quantitative estimate of drug-likeness (QED) is 0.149. The van der Waals surface area contributed by atoms with Crippen LogP contribution in [0.3, 0.4) is 0 Å². The largest absolute Gasteiger partial charge is 0.493 e. The molecule has 0 fully saturated rings. The zero-order valence-electron chi connectivity index (χ0n) is 45.7. The molecule has 0 radical (unpaired) electrons. The third-order valence-corrected chi connectivity index (χ3v) is 13.3. The topological polar surface area (TPSA) is 73.8 Å². The predicted molar refractivity (Wildman–Crippen MR) is 328 cm³/mol. The van der Waals surface area contributed by atoms with Crippen molar-refractivity contribution in [1.82, 2.24) is 0 Å². The lowest BCUT2D eigenvalue weighted by molar-refractivity contribution is 0.266. The number of ether oxygens (including phenoxy) is 8. The molecule has 8 heteroatoms. The molecule has 0 aromatic heterocycles. The smallest absolute Gasteiger partial charge is 0.126 e. The van der Waals surface area contributed by atoms with Crippen molar-refractivity contribution in [3.8, 4) is 46.0 Å². The van der Waals surface area contributed by atoms with Crippen LogP contribution in [0.15, 0.2) is 194 Å². The van der Waals surface area contributed by atoms with Crippen molar-refractivity contribution in [3.63, 3.8) is 0 Å². The molecule has 80 heavy (non-hydrogen) atoms. The maximum atomic E-state index is 6.16. The summed E-state index contributed by atoms with van der Waals surface area (Å²) in [6.45, 7) is 5.05. The number of hydrogen-bond acceptors (Lipinski definition) is 8. The van der Waals surface area contributed by atoms with Crippen molar-refractivity contribution in [2.45, 2.75) is 51.4 Å². The van der Waals surface area contributed by atoms with Crippen LogP contribution in [0.25, 0.3) is 48.6 Å². The van der Waals surface area contributed by atoms with Crippen LogP contribution < -0.4 is 37.9 Å². The van der Waals surface area contributed by atoms with Gasteiger partial charge in [0, 0.05) is 44.5 Å². The minimum absolute atomic E-state index is 0.631. The third kappa shape index (κ3) is 17.6. The molecule has 0 saturated carbocycles. The minimum Gasteiger partial charge on any atom is -0.493 e. The Morgan fingerprint density at radius 2 is 0.263 bits per heavy atom. The predicted octanol–water partition coefficient (Wildman–Crippen LogP) is 17.6. The van der Waals surface area contributed by atoms with Crippen molar-refractivity contribution in [2.75, 3.05) is 52.9 Å².